The van der Waals surface area contributed by atoms with Crippen LogP contribution in [0, 0.1) is 12.3 Å². The number of halogens is 2. The molecule has 1 aromatic rings. The summed E-state index contributed by atoms with van der Waals surface area (Å²) in [5.41, 5.74) is 1.16. The molecule has 1 aliphatic rings. The van der Waals surface area contributed by atoms with Gasteiger partial charge in [-0.15, -0.1) is 30.4 Å². The van der Waals surface area contributed by atoms with Crippen LogP contribution in [0.15, 0.2) is 29.3 Å². The molecule has 1 atom stereocenters. The van der Waals surface area contributed by atoms with Gasteiger partial charge in [0, 0.05) is 36.4 Å². The summed E-state index contributed by atoms with van der Waals surface area (Å²) >= 11 is 6.05. The van der Waals surface area contributed by atoms with Gasteiger partial charge in [-0.1, -0.05) is 23.6 Å². The van der Waals surface area contributed by atoms with Gasteiger partial charge in [0.15, 0.2) is 5.96 Å². The first-order chi connectivity index (χ1) is 10.2. The fourth-order valence-corrected chi connectivity index (χ4v) is 2.61. The van der Waals surface area contributed by atoms with Gasteiger partial charge in [-0.3, -0.25) is 0 Å². The molecule has 1 fully saturated rings. The van der Waals surface area contributed by atoms with Crippen molar-refractivity contribution in [3.8, 4) is 12.3 Å². The van der Waals surface area contributed by atoms with Crippen LogP contribution in [0.5, 0.6) is 0 Å². The number of guanidine groups is 1. The molecule has 0 saturated carbocycles. The Bertz CT molecular complexity index is 541. The van der Waals surface area contributed by atoms with Gasteiger partial charge in [0.25, 0.3) is 0 Å². The van der Waals surface area contributed by atoms with Crippen molar-refractivity contribution in [2.75, 3.05) is 31.1 Å². The summed E-state index contributed by atoms with van der Waals surface area (Å²) in [5.74, 6) is 3.32. The third-order valence-corrected chi connectivity index (χ3v) is 3.61. The zero-order valence-electron chi connectivity index (χ0n) is 12.7. The Hall–Kier alpha value is -1.13. The summed E-state index contributed by atoms with van der Waals surface area (Å²) in [5, 5.41) is 7.42. The van der Waals surface area contributed by atoms with Gasteiger partial charge in [-0.05, 0) is 31.5 Å². The van der Waals surface area contributed by atoms with Crippen LogP contribution < -0.4 is 15.5 Å². The van der Waals surface area contributed by atoms with Crippen molar-refractivity contribution < 1.29 is 0 Å². The molecule has 0 amide bonds. The Kier molecular flexibility index (Phi) is 8.43. The Morgan fingerprint density at radius 3 is 3.05 bits per heavy atom. The molecule has 0 aromatic heterocycles. The van der Waals surface area contributed by atoms with Crippen molar-refractivity contribution in [1.82, 2.24) is 10.6 Å². The number of benzene rings is 1. The van der Waals surface area contributed by atoms with E-state index in [2.05, 4.69) is 32.5 Å². The van der Waals surface area contributed by atoms with E-state index < -0.39 is 0 Å². The van der Waals surface area contributed by atoms with Crippen molar-refractivity contribution in [2.24, 2.45) is 4.99 Å². The lowest BCUT2D eigenvalue weighted by Gasteiger charge is -2.20. The second-order valence-electron chi connectivity index (χ2n) is 4.96. The lowest BCUT2D eigenvalue weighted by molar-refractivity contribution is 0.651. The quantitative estimate of drug-likeness (QED) is 0.333. The highest BCUT2D eigenvalue weighted by Crippen LogP contribution is 2.23. The normalized spacial score (nSPS) is 17.6. The van der Waals surface area contributed by atoms with Crippen LogP contribution in [0.3, 0.4) is 0 Å². The van der Waals surface area contributed by atoms with E-state index in [1.165, 1.54) is 0 Å². The van der Waals surface area contributed by atoms with E-state index in [9.17, 15) is 0 Å². The highest BCUT2D eigenvalue weighted by atomic mass is 127. The zero-order valence-corrected chi connectivity index (χ0v) is 15.8. The van der Waals surface area contributed by atoms with E-state index in [-0.39, 0.29) is 24.0 Å². The van der Waals surface area contributed by atoms with E-state index in [1.54, 1.807) is 0 Å². The van der Waals surface area contributed by atoms with Crippen LogP contribution in [0.2, 0.25) is 5.02 Å². The molecular formula is C16H22ClIN4. The second-order valence-corrected chi connectivity index (χ2v) is 5.39. The lowest BCUT2D eigenvalue weighted by atomic mass is 10.3. The van der Waals surface area contributed by atoms with Crippen molar-refractivity contribution in [2.45, 2.75) is 19.4 Å². The van der Waals surface area contributed by atoms with Crippen LogP contribution in [-0.2, 0) is 0 Å². The largest absolute Gasteiger partial charge is 0.369 e. The summed E-state index contributed by atoms with van der Waals surface area (Å²) in [6.07, 6.45) is 6.32. The topological polar surface area (TPSA) is 39.7 Å². The number of nitrogens with one attached hydrogen (secondary N) is 2. The molecule has 0 radical (unpaired) electrons. The molecule has 6 heteroatoms. The number of hydrogen-bond acceptors (Lipinski definition) is 2. The van der Waals surface area contributed by atoms with Crippen LogP contribution in [-0.4, -0.2) is 38.2 Å². The van der Waals surface area contributed by atoms with Crippen molar-refractivity contribution in [3.63, 3.8) is 0 Å². The van der Waals surface area contributed by atoms with Gasteiger partial charge in [-0.25, -0.2) is 4.99 Å². The first-order valence-electron chi connectivity index (χ1n) is 7.21. The minimum Gasteiger partial charge on any atom is -0.369 e. The molecule has 22 heavy (non-hydrogen) atoms. The third-order valence-electron chi connectivity index (χ3n) is 3.38. The summed E-state index contributed by atoms with van der Waals surface area (Å²) in [6, 6.07) is 8.33. The summed E-state index contributed by atoms with van der Waals surface area (Å²) < 4.78 is 0. The summed E-state index contributed by atoms with van der Waals surface area (Å²) in [7, 11) is 0. The van der Waals surface area contributed by atoms with Crippen molar-refractivity contribution in [1.29, 1.82) is 0 Å². The highest BCUT2D eigenvalue weighted by molar-refractivity contribution is 14.0. The van der Waals surface area contributed by atoms with Crippen molar-refractivity contribution >= 4 is 47.2 Å². The first-order valence-corrected chi connectivity index (χ1v) is 7.59. The van der Waals surface area contributed by atoms with E-state index in [1.807, 2.05) is 25.1 Å². The fraction of sp³-hybridized carbons (Fsp3) is 0.438. The molecular weight excluding hydrogens is 411 g/mol. The molecule has 2 rings (SSSR count). The average molecular weight is 433 g/mol. The van der Waals surface area contributed by atoms with Crippen LogP contribution in [0.1, 0.15) is 13.3 Å². The summed E-state index contributed by atoms with van der Waals surface area (Å²) in [4.78, 5) is 6.65. The van der Waals surface area contributed by atoms with Gasteiger partial charge in [-0.2, -0.15) is 0 Å². The van der Waals surface area contributed by atoms with Gasteiger partial charge in [0.1, 0.15) is 6.54 Å². The maximum Gasteiger partial charge on any atom is 0.192 e. The Labute approximate surface area is 154 Å². The maximum atomic E-state index is 6.05. The highest BCUT2D eigenvalue weighted by Gasteiger charge is 2.23. The molecule has 1 aromatic carbocycles. The van der Waals surface area contributed by atoms with Gasteiger partial charge in [0.05, 0.1) is 0 Å². The minimum absolute atomic E-state index is 0. The van der Waals surface area contributed by atoms with Gasteiger partial charge in [0.2, 0.25) is 0 Å². The predicted molar refractivity (Wildman–Crippen MR) is 105 cm³/mol. The molecule has 0 spiro atoms. The molecule has 1 aliphatic heterocycles. The molecule has 1 saturated heterocycles. The van der Waals surface area contributed by atoms with Crippen molar-refractivity contribution in [3.05, 3.63) is 29.3 Å². The minimum atomic E-state index is 0. The first kappa shape index (κ1) is 18.9. The van der Waals surface area contributed by atoms with E-state index in [0.717, 1.165) is 42.7 Å². The van der Waals surface area contributed by atoms with E-state index in [4.69, 9.17) is 18.0 Å². The number of nitrogens with zero attached hydrogens (tertiary/aromatic N) is 2. The number of hydrogen-bond donors (Lipinski definition) is 2. The molecule has 1 heterocycles. The van der Waals surface area contributed by atoms with Gasteiger partial charge < -0.3 is 15.5 Å². The second kappa shape index (κ2) is 9.80. The van der Waals surface area contributed by atoms with Crippen LogP contribution in [0.25, 0.3) is 0 Å². The fourth-order valence-electron chi connectivity index (χ4n) is 2.42. The molecule has 4 nitrogen and oxygen atoms in total. The Balaban J connectivity index is 0.00000242. The third kappa shape index (κ3) is 5.58. The zero-order chi connectivity index (χ0) is 15.1. The smallest absolute Gasteiger partial charge is 0.192 e. The Morgan fingerprint density at radius 1 is 1.55 bits per heavy atom. The molecule has 1 unspecified atom stereocenters. The molecule has 120 valence electrons. The van der Waals surface area contributed by atoms with Crippen LogP contribution in [0.4, 0.5) is 5.69 Å². The Morgan fingerprint density at radius 2 is 2.36 bits per heavy atom. The lowest BCUT2D eigenvalue weighted by Crippen LogP contribution is -2.44. The maximum absolute atomic E-state index is 6.05. The molecule has 0 aliphatic carbocycles. The standard InChI is InChI=1S/C16H21ClN4.HI/c1-3-9-19-16(18-4-2)20-14-8-10-21(12-14)15-7-5-6-13(17)11-15;/h1,5-7,11,14H,4,8-10,12H2,2H3,(H2,18,19,20);1H. The average Bonchev–Trinajstić information content (AvgIpc) is 2.93. The number of rotatable bonds is 4. The molecule has 2 N–H and O–H groups in total. The predicted octanol–water partition coefficient (Wildman–Crippen LogP) is 2.73. The summed E-state index contributed by atoms with van der Waals surface area (Å²) in [6.45, 7) is 5.19. The van der Waals surface area contributed by atoms with Crippen LogP contribution >= 0.6 is 35.6 Å². The number of aliphatic imine (C=N–C) groups is 1. The number of terminal acetylenes is 1. The monoisotopic (exact) mass is 432 g/mol. The van der Waals surface area contributed by atoms with E-state index in [0.29, 0.717) is 12.6 Å². The van der Waals surface area contributed by atoms with E-state index >= 15 is 0 Å². The number of anilines is 1. The van der Waals surface area contributed by atoms with Gasteiger partial charge >= 0.3 is 0 Å². The SMILES string of the molecule is C#CCN=C(NCC)NC1CCN(c2cccc(Cl)c2)C1.I. The molecule has 0 bridgehead atoms.